The highest BCUT2D eigenvalue weighted by Crippen LogP contribution is 2.46. The molecule has 80 valence electrons. The number of likely N-dealkylation sites (N-methyl/N-ethyl adjacent to an activating group) is 1. The summed E-state index contributed by atoms with van der Waals surface area (Å²) < 4.78 is 0. The van der Waals surface area contributed by atoms with Gasteiger partial charge in [-0.25, -0.2) is 0 Å². The molecule has 0 radical (unpaired) electrons. The number of hydrogen-bond acceptors (Lipinski definition) is 1. The fraction of sp³-hybridized carbons (Fsp3) is 0.571. The van der Waals surface area contributed by atoms with Gasteiger partial charge in [-0.2, -0.15) is 0 Å². The average molecular weight is 201 g/mol. The zero-order valence-corrected chi connectivity index (χ0v) is 9.88. The van der Waals surface area contributed by atoms with Crippen molar-refractivity contribution in [1.29, 1.82) is 0 Å². The second kappa shape index (κ2) is 3.08. The lowest BCUT2D eigenvalue weighted by Crippen LogP contribution is -2.31. The van der Waals surface area contributed by atoms with E-state index in [1.165, 1.54) is 30.6 Å². The molecule has 2 atom stereocenters. The molecule has 0 saturated carbocycles. The van der Waals surface area contributed by atoms with E-state index in [9.17, 15) is 0 Å². The van der Waals surface area contributed by atoms with E-state index in [4.69, 9.17) is 0 Å². The molecule has 0 amide bonds. The number of benzene rings is 1. The van der Waals surface area contributed by atoms with Crippen LogP contribution in [0.2, 0.25) is 0 Å². The third kappa shape index (κ3) is 1.33. The number of piperidine rings is 1. The topological polar surface area (TPSA) is 3.24 Å². The molecule has 1 saturated heterocycles. The average Bonchev–Trinajstić information content (AvgIpc) is 2.41. The number of rotatable bonds is 0. The fourth-order valence-corrected chi connectivity index (χ4v) is 3.34. The van der Waals surface area contributed by atoms with Gasteiger partial charge in [0.1, 0.15) is 0 Å². The molecule has 1 aliphatic carbocycles. The standard InChI is InChI=1S/C14H19N/c1-9-4-13-11-6-12(8-15(3)7-11)14(13)5-10(9)2/h4-5,11-12H,6-8H2,1-3H3. The number of hydrogen-bond donors (Lipinski definition) is 0. The number of fused-ring (bicyclic) bond motifs is 5. The van der Waals surface area contributed by atoms with E-state index in [1.54, 1.807) is 11.1 Å². The molecule has 1 aromatic carbocycles. The Labute approximate surface area is 92.1 Å². The molecule has 0 N–H and O–H groups in total. The Morgan fingerprint density at radius 2 is 1.47 bits per heavy atom. The molecule has 1 fully saturated rings. The van der Waals surface area contributed by atoms with E-state index < -0.39 is 0 Å². The summed E-state index contributed by atoms with van der Waals surface area (Å²) in [6, 6.07) is 4.88. The van der Waals surface area contributed by atoms with Gasteiger partial charge in [-0.15, -0.1) is 0 Å². The van der Waals surface area contributed by atoms with Crippen LogP contribution < -0.4 is 0 Å². The summed E-state index contributed by atoms with van der Waals surface area (Å²) in [5.74, 6) is 1.62. The van der Waals surface area contributed by atoms with Gasteiger partial charge in [0.25, 0.3) is 0 Å². The second-order valence-electron chi connectivity index (χ2n) is 5.42. The third-order valence-corrected chi connectivity index (χ3v) is 4.21. The van der Waals surface area contributed by atoms with Crippen LogP contribution in [-0.4, -0.2) is 25.0 Å². The minimum absolute atomic E-state index is 0.808. The van der Waals surface area contributed by atoms with Crippen LogP contribution >= 0.6 is 0 Å². The first-order valence-corrected chi connectivity index (χ1v) is 5.94. The van der Waals surface area contributed by atoms with Crippen LogP contribution in [0.25, 0.3) is 0 Å². The highest BCUT2D eigenvalue weighted by molar-refractivity contribution is 5.45. The van der Waals surface area contributed by atoms with E-state index in [2.05, 4.69) is 37.9 Å². The third-order valence-electron chi connectivity index (χ3n) is 4.21. The van der Waals surface area contributed by atoms with Crippen LogP contribution in [0.15, 0.2) is 12.1 Å². The lowest BCUT2D eigenvalue weighted by atomic mass is 9.96. The Bertz CT molecular complexity index is 371. The van der Waals surface area contributed by atoms with Crippen LogP contribution in [0.4, 0.5) is 0 Å². The second-order valence-corrected chi connectivity index (χ2v) is 5.42. The zero-order valence-electron chi connectivity index (χ0n) is 9.88. The monoisotopic (exact) mass is 201 g/mol. The van der Waals surface area contributed by atoms with Crippen LogP contribution in [0.5, 0.6) is 0 Å². The Morgan fingerprint density at radius 3 is 1.93 bits per heavy atom. The van der Waals surface area contributed by atoms with Crippen molar-refractivity contribution in [3.63, 3.8) is 0 Å². The number of nitrogens with zero attached hydrogens (tertiary/aromatic N) is 1. The maximum Gasteiger partial charge on any atom is 0.00478 e. The Kier molecular flexibility index (Phi) is 1.93. The molecule has 2 bridgehead atoms. The molecule has 1 nitrogen and oxygen atoms in total. The van der Waals surface area contributed by atoms with E-state index in [1.807, 2.05) is 0 Å². The SMILES string of the molecule is Cc1cc2c(cc1C)C1CC2CN(C)C1. The van der Waals surface area contributed by atoms with Crippen molar-refractivity contribution in [2.45, 2.75) is 32.1 Å². The first-order chi connectivity index (χ1) is 7.15. The predicted octanol–water partition coefficient (Wildman–Crippen LogP) is 2.82. The van der Waals surface area contributed by atoms with Crippen molar-refractivity contribution >= 4 is 0 Å². The van der Waals surface area contributed by atoms with Gasteiger partial charge in [0, 0.05) is 13.1 Å². The Morgan fingerprint density at radius 1 is 1.00 bits per heavy atom. The molecule has 2 unspecified atom stereocenters. The minimum atomic E-state index is 0.808. The molecule has 0 spiro atoms. The van der Waals surface area contributed by atoms with Gasteiger partial charge in [0.05, 0.1) is 0 Å². The summed E-state index contributed by atoms with van der Waals surface area (Å²) in [6.07, 6.45) is 1.39. The molecule has 2 aliphatic rings. The smallest absolute Gasteiger partial charge is 0.00478 e. The molecule has 1 heterocycles. The van der Waals surface area contributed by atoms with Gasteiger partial charge in [-0.05, 0) is 61.4 Å². The molecule has 1 heteroatoms. The van der Waals surface area contributed by atoms with Crippen molar-refractivity contribution in [2.24, 2.45) is 0 Å². The molecular weight excluding hydrogens is 182 g/mol. The first-order valence-electron chi connectivity index (χ1n) is 5.94. The van der Waals surface area contributed by atoms with Gasteiger partial charge in [-0.1, -0.05) is 12.1 Å². The van der Waals surface area contributed by atoms with Crippen LogP contribution in [0.1, 0.15) is 40.5 Å². The summed E-state index contributed by atoms with van der Waals surface area (Å²) >= 11 is 0. The van der Waals surface area contributed by atoms with Crippen molar-refractivity contribution < 1.29 is 0 Å². The lowest BCUT2D eigenvalue weighted by Gasteiger charge is -2.28. The van der Waals surface area contributed by atoms with Crippen LogP contribution in [0.3, 0.4) is 0 Å². The minimum Gasteiger partial charge on any atom is -0.305 e. The maximum atomic E-state index is 2.49. The van der Waals surface area contributed by atoms with Crippen LogP contribution in [0, 0.1) is 13.8 Å². The zero-order chi connectivity index (χ0) is 10.6. The van der Waals surface area contributed by atoms with E-state index >= 15 is 0 Å². The normalized spacial score (nSPS) is 29.3. The van der Waals surface area contributed by atoms with Crippen molar-refractivity contribution in [2.75, 3.05) is 20.1 Å². The maximum absolute atomic E-state index is 2.49. The highest BCUT2D eigenvalue weighted by atomic mass is 15.1. The summed E-state index contributed by atoms with van der Waals surface area (Å²) in [7, 11) is 2.25. The van der Waals surface area contributed by atoms with Gasteiger partial charge < -0.3 is 4.90 Å². The molecule has 1 aliphatic heterocycles. The number of aryl methyl sites for hydroxylation is 2. The summed E-state index contributed by atoms with van der Waals surface area (Å²) in [5, 5.41) is 0. The van der Waals surface area contributed by atoms with E-state index in [-0.39, 0.29) is 0 Å². The van der Waals surface area contributed by atoms with Crippen molar-refractivity contribution in [1.82, 2.24) is 4.90 Å². The van der Waals surface area contributed by atoms with Crippen molar-refractivity contribution in [3.05, 3.63) is 34.4 Å². The first kappa shape index (κ1) is 9.41. The highest BCUT2D eigenvalue weighted by Gasteiger charge is 2.36. The van der Waals surface area contributed by atoms with E-state index in [0.717, 1.165) is 11.8 Å². The summed E-state index contributed by atoms with van der Waals surface area (Å²) in [6.45, 7) is 6.99. The van der Waals surface area contributed by atoms with E-state index in [0.29, 0.717) is 0 Å². The molecule has 3 rings (SSSR count). The lowest BCUT2D eigenvalue weighted by molar-refractivity contribution is 0.245. The van der Waals surface area contributed by atoms with Gasteiger partial charge in [0.2, 0.25) is 0 Å². The Hall–Kier alpha value is -0.820. The largest absolute Gasteiger partial charge is 0.305 e. The fourth-order valence-electron chi connectivity index (χ4n) is 3.34. The predicted molar refractivity (Wildman–Crippen MR) is 63.5 cm³/mol. The Balaban J connectivity index is 2.12. The van der Waals surface area contributed by atoms with Gasteiger partial charge in [-0.3, -0.25) is 0 Å². The number of likely N-dealkylation sites (tertiary alicyclic amines) is 1. The molecule has 1 aromatic rings. The summed E-state index contributed by atoms with van der Waals surface area (Å²) in [5.41, 5.74) is 6.22. The quantitative estimate of drug-likeness (QED) is 0.624. The summed E-state index contributed by atoms with van der Waals surface area (Å²) in [4.78, 5) is 2.49. The molecule has 15 heavy (non-hydrogen) atoms. The van der Waals surface area contributed by atoms with Gasteiger partial charge >= 0.3 is 0 Å². The van der Waals surface area contributed by atoms with Gasteiger partial charge in [0.15, 0.2) is 0 Å². The van der Waals surface area contributed by atoms with Crippen LogP contribution in [-0.2, 0) is 0 Å². The molecular formula is C14H19N. The van der Waals surface area contributed by atoms with Crippen molar-refractivity contribution in [3.8, 4) is 0 Å². The molecule has 0 aromatic heterocycles.